The lowest BCUT2D eigenvalue weighted by Crippen LogP contribution is -2.51. The molecular weight excluding hydrogens is 363 g/mol. The lowest BCUT2D eigenvalue weighted by atomic mass is 9.85. The van der Waals surface area contributed by atoms with Gasteiger partial charge < -0.3 is 17.6 Å². The maximum absolute atomic E-state index is 15.9. The van der Waals surface area contributed by atoms with Gasteiger partial charge in [0.05, 0.1) is 16.0 Å². The van der Waals surface area contributed by atoms with Crippen molar-refractivity contribution >= 4 is 29.6 Å². The number of nitrogens with zero attached hydrogens (tertiary/aromatic N) is 3. The normalized spacial score (nSPS) is 18.5. The Balaban J connectivity index is 2.23. The van der Waals surface area contributed by atoms with Crippen molar-refractivity contribution in [3.8, 4) is 0 Å². The van der Waals surface area contributed by atoms with Crippen LogP contribution in [0.25, 0.3) is 5.57 Å². The molecule has 0 amide bonds. The second kappa shape index (κ2) is 5.99. The molecule has 7 heteroatoms. The van der Waals surface area contributed by atoms with Crippen LogP contribution in [0.2, 0.25) is 0 Å². The zero-order valence-electron chi connectivity index (χ0n) is 16.7. The van der Waals surface area contributed by atoms with Crippen LogP contribution in [0.1, 0.15) is 61.5 Å². The van der Waals surface area contributed by atoms with E-state index in [1.54, 1.807) is 11.7 Å². The summed E-state index contributed by atoms with van der Waals surface area (Å²) in [6, 6.07) is 0. The van der Waals surface area contributed by atoms with Gasteiger partial charge in [-0.25, -0.2) is 0 Å². The third kappa shape index (κ3) is 2.18. The van der Waals surface area contributed by atoms with Gasteiger partial charge in [0, 0.05) is 30.0 Å². The molecule has 0 radical (unpaired) electrons. The number of aromatic nitrogens is 2. The number of allylic oxidation sites excluding steroid dienone is 2. The van der Waals surface area contributed by atoms with Gasteiger partial charge in [-0.05, 0) is 50.4 Å². The standard InChI is InChI=1S/C20H24BF2N3S/c1-7-15-11(3)19-18(17-9-24-10-27-17)20-12(4)16(8-2)14(6)26(20)21(22,23)25(19)13(15)5/h9-10H,7-8H2,1-6H3. The molecule has 0 unspecified atom stereocenters. The molecule has 2 aliphatic rings. The molecular formula is C20H24BF2N3S. The van der Waals surface area contributed by atoms with Gasteiger partial charge in [0.15, 0.2) is 5.70 Å². The Hall–Kier alpha value is -2.02. The number of fused-ring (bicyclic) bond motifs is 2. The highest BCUT2D eigenvalue weighted by molar-refractivity contribution is 7.10. The molecule has 27 heavy (non-hydrogen) atoms. The Morgan fingerprint density at radius 3 is 2.41 bits per heavy atom. The molecule has 4 heterocycles. The van der Waals surface area contributed by atoms with Gasteiger partial charge in [-0.3, -0.25) is 4.98 Å². The first kappa shape index (κ1) is 18.4. The topological polar surface area (TPSA) is 20.8 Å². The van der Waals surface area contributed by atoms with Crippen molar-refractivity contribution in [2.24, 2.45) is 0 Å². The fourth-order valence-electron chi connectivity index (χ4n) is 5.05. The van der Waals surface area contributed by atoms with Crippen LogP contribution in [0.5, 0.6) is 0 Å². The second-order valence-electron chi connectivity index (χ2n) is 7.35. The minimum Gasteiger partial charge on any atom is -0.393 e. The summed E-state index contributed by atoms with van der Waals surface area (Å²) >= 11 is 1.51. The highest BCUT2D eigenvalue weighted by atomic mass is 32.1. The molecule has 142 valence electrons. The average molecular weight is 387 g/mol. The Kier molecular flexibility index (Phi) is 4.07. The molecule has 0 spiro atoms. The van der Waals surface area contributed by atoms with Gasteiger partial charge >= 0.3 is 6.97 Å². The monoisotopic (exact) mass is 387 g/mol. The zero-order chi connectivity index (χ0) is 19.7. The molecule has 4 rings (SSSR count). The highest BCUT2D eigenvalue weighted by Crippen LogP contribution is 2.47. The van der Waals surface area contributed by atoms with Crippen molar-refractivity contribution in [3.05, 3.63) is 55.9 Å². The molecule has 0 aliphatic carbocycles. The number of halogens is 2. The zero-order valence-corrected chi connectivity index (χ0v) is 17.5. The molecule has 0 bridgehead atoms. The van der Waals surface area contributed by atoms with Crippen molar-refractivity contribution < 1.29 is 13.1 Å². The summed E-state index contributed by atoms with van der Waals surface area (Å²) in [4.78, 5) is 5.17. The SMILES string of the molecule is CCC1=C(C)C2=C(c3cncs3)c3c(C)c(CC)c(C)n3[B-](F)(F)[N+]2=C1C. The Labute approximate surface area is 162 Å². The summed E-state index contributed by atoms with van der Waals surface area (Å²) in [5, 5.41) is 0. The van der Waals surface area contributed by atoms with Crippen molar-refractivity contribution in [1.82, 2.24) is 9.46 Å². The maximum Gasteiger partial charge on any atom is 0.737 e. The minimum absolute atomic E-state index is 0.661. The van der Waals surface area contributed by atoms with Crippen LogP contribution in [0.4, 0.5) is 8.63 Å². The number of hydrogen-bond acceptors (Lipinski definition) is 2. The van der Waals surface area contributed by atoms with Crippen molar-refractivity contribution in [3.63, 3.8) is 0 Å². The van der Waals surface area contributed by atoms with Crippen LogP contribution < -0.4 is 0 Å². The molecule has 0 saturated heterocycles. The van der Waals surface area contributed by atoms with E-state index in [-0.39, 0.29) is 0 Å². The van der Waals surface area contributed by atoms with Gasteiger partial charge in [-0.2, -0.15) is 0 Å². The fraction of sp³-hybridized carbons (Fsp3) is 0.400. The van der Waals surface area contributed by atoms with E-state index in [2.05, 4.69) is 4.98 Å². The van der Waals surface area contributed by atoms with E-state index >= 15 is 8.63 Å². The first-order chi connectivity index (χ1) is 12.8. The molecule has 2 aliphatic heterocycles. The Morgan fingerprint density at radius 1 is 1.15 bits per heavy atom. The largest absolute Gasteiger partial charge is 0.737 e. The van der Waals surface area contributed by atoms with Gasteiger partial charge in [-0.1, -0.05) is 13.8 Å². The molecule has 3 nitrogen and oxygen atoms in total. The average Bonchev–Trinajstić information content (AvgIpc) is 3.28. The summed E-state index contributed by atoms with van der Waals surface area (Å²) in [5.74, 6) is 0. The second-order valence-corrected chi connectivity index (χ2v) is 8.24. The number of hydrogen-bond donors (Lipinski definition) is 0. The first-order valence-corrected chi connectivity index (χ1v) is 10.3. The first-order valence-electron chi connectivity index (χ1n) is 9.46. The number of rotatable bonds is 3. The van der Waals surface area contributed by atoms with Crippen LogP contribution >= 0.6 is 11.3 Å². The van der Waals surface area contributed by atoms with Crippen LogP contribution in [0.3, 0.4) is 0 Å². The maximum atomic E-state index is 15.9. The van der Waals surface area contributed by atoms with Gasteiger partial charge in [0.1, 0.15) is 5.71 Å². The van der Waals surface area contributed by atoms with E-state index in [1.165, 1.54) is 20.3 Å². The van der Waals surface area contributed by atoms with Crippen LogP contribution in [0.15, 0.2) is 28.6 Å². The van der Waals surface area contributed by atoms with Gasteiger partial charge in [0.2, 0.25) is 0 Å². The quantitative estimate of drug-likeness (QED) is 0.652. The van der Waals surface area contributed by atoms with E-state index in [0.717, 1.165) is 45.6 Å². The molecule has 0 atom stereocenters. The molecule has 2 aromatic rings. The molecule has 2 aromatic heterocycles. The Bertz CT molecular complexity index is 1060. The van der Waals surface area contributed by atoms with Crippen molar-refractivity contribution in [1.29, 1.82) is 0 Å². The van der Waals surface area contributed by atoms with Crippen LogP contribution in [-0.4, -0.2) is 26.6 Å². The summed E-state index contributed by atoms with van der Waals surface area (Å²) in [7, 11) is 0. The van der Waals surface area contributed by atoms with Gasteiger partial charge in [0.25, 0.3) is 0 Å². The lowest BCUT2D eigenvalue weighted by Gasteiger charge is -2.33. The smallest absolute Gasteiger partial charge is 0.393 e. The lowest BCUT2D eigenvalue weighted by molar-refractivity contribution is -0.363. The Morgan fingerprint density at radius 2 is 1.85 bits per heavy atom. The van der Waals surface area contributed by atoms with E-state index < -0.39 is 6.97 Å². The highest BCUT2D eigenvalue weighted by Gasteiger charge is 2.56. The third-order valence-corrected chi connectivity index (χ3v) is 6.97. The number of thiazole rings is 1. The van der Waals surface area contributed by atoms with E-state index in [1.807, 2.05) is 41.5 Å². The minimum atomic E-state index is -3.94. The molecule has 0 saturated carbocycles. The van der Waals surface area contributed by atoms with E-state index in [0.29, 0.717) is 22.8 Å². The summed E-state index contributed by atoms with van der Waals surface area (Å²) in [6.07, 6.45) is 3.28. The van der Waals surface area contributed by atoms with Crippen molar-refractivity contribution in [2.45, 2.75) is 54.4 Å². The van der Waals surface area contributed by atoms with Crippen LogP contribution in [0, 0.1) is 13.8 Å². The summed E-state index contributed by atoms with van der Waals surface area (Å²) < 4.78 is 34.5. The molecule has 0 N–H and O–H groups in total. The summed E-state index contributed by atoms with van der Waals surface area (Å²) in [5.41, 5.74) is 9.29. The van der Waals surface area contributed by atoms with Crippen molar-refractivity contribution in [2.75, 3.05) is 0 Å². The van der Waals surface area contributed by atoms with E-state index in [4.69, 9.17) is 0 Å². The predicted molar refractivity (Wildman–Crippen MR) is 109 cm³/mol. The third-order valence-electron chi connectivity index (χ3n) is 6.17. The van der Waals surface area contributed by atoms with Gasteiger partial charge in [-0.15, -0.1) is 11.3 Å². The molecule has 0 aromatic carbocycles. The molecule has 0 fully saturated rings. The van der Waals surface area contributed by atoms with Crippen LogP contribution in [-0.2, 0) is 6.42 Å². The predicted octanol–water partition coefficient (Wildman–Crippen LogP) is 5.33. The summed E-state index contributed by atoms with van der Waals surface area (Å²) in [6.45, 7) is 7.73. The fourth-order valence-corrected chi connectivity index (χ4v) is 5.72. The van der Waals surface area contributed by atoms with E-state index in [9.17, 15) is 0 Å².